The van der Waals surface area contributed by atoms with Crippen molar-refractivity contribution in [1.82, 2.24) is 44.3 Å². The first kappa shape index (κ1) is 19.4. The van der Waals surface area contributed by atoms with Crippen LogP contribution in [0.15, 0.2) is 42.0 Å². The van der Waals surface area contributed by atoms with Gasteiger partial charge in [0.05, 0.1) is 24.5 Å². The number of fused-ring (bicyclic) bond motifs is 1. The molecule has 1 saturated heterocycles. The van der Waals surface area contributed by atoms with Crippen LogP contribution in [0.1, 0.15) is 0 Å². The smallest absolute Gasteiger partial charge is 0.258 e. The van der Waals surface area contributed by atoms with Crippen LogP contribution in [0.5, 0.6) is 0 Å². The number of aromatic nitrogens is 7. The van der Waals surface area contributed by atoms with Crippen LogP contribution in [0.25, 0.3) is 27.8 Å². The highest BCUT2D eigenvalue weighted by Gasteiger charge is 2.16. The number of pyridine rings is 1. The Morgan fingerprint density at radius 1 is 1.13 bits per heavy atom. The summed E-state index contributed by atoms with van der Waals surface area (Å²) in [6, 6.07) is 1.63. The average molecular weight is 420 g/mol. The Balaban J connectivity index is 1.37. The molecule has 0 bridgehead atoms. The molecule has 1 fully saturated rings. The molecule has 0 aromatic carbocycles. The predicted molar refractivity (Wildman–Crippen MR) is 117 cm³/mol. The minimum Gasteiger partial charge on any atom is -0.382 e. The van der Waals surface area contributed by atoms with Gasteiger partial charge in [-0.3, -0.25) is 14.4 Å². The number of nitrogen functional groups attached to an aromatic ring is 1. The number of nitrogens with zero attached hydrogens (tertiary/aromatic N) is 8. The molecule has 1 aliphatic heterocycles. The Hall–Kier alpha value is -3.57. The molecular weight excluding hydrogens is 396 g/mol. The lowest BCUT2D eigenvalue weighted by Gasteiger charge is -2.32. The lowest BCUT2D eigenvalue weighted by Crippen LogP contribution is -2.45. The first-order valence-corrected chi connectivity index (χ1v) is 10.2. The van der Waals surface area contributed by atoms with Gasteiger partial charge in [0.25, 0.3) is 5.56 Å². The van der Waals surface area contributed by atoms with Gasteiger partial charge in [0.1, 0.15) is 5.52 Å². The second-order valence-corrected chi connectivity index (χ2v) is 7.77. The number of anilines is 1. The molecule has 31 heavy (non-hydrogen) atoms. The molecule has 1 aliphatic rings. The topological polar surface area (TPSA) is 127 Å². The van der Waals surface area contributed by atoms with Crippen LogP contribution in [0.4, 0.5) is 5.82 Å². The fourth-order valence-electron chi connectivity index (χ4n) is 3.81. The molecule has 4 aromatic rings. The zero-order chi connectivity index (χ0) is 21.4. The van der Waals surface area contributed by atoms with E-state index in [0.29, 0.717) is 22.5 Å². The monoisotopic (exact) mass is 420 g/mol. The number of aromatic amines is 1. The number of nitrogens with one attached hydrogen (secondary N) is 1. The summed E-state index contributed by atoms with van der Waals surface area (Å²) in [7, 11) is 2.16. The molecule has 0 radical (unpaired) electrons. The number of rotatable bonds is 5. The van der Waals surface area contributed by atoms with Gasteiger partial charge < -0.3 is 15.6 Å². The number of piperazine rings is 1. The summed E-state index contributed by atoms with van der Waals surface area (Å²) in [5.41, 5.74) is 8.08. The highest BCUT2D eigenvalue weighted by atomic mass is 16.1. The van der Waals surface area contributed by atoms with Gasteiger partial charge in [-0.25, -0.2) is 14.6 Å². The molecule has 0 aliphatic carbocycles. The van der Waals surface area contributed by atoms with Crippen molar-refractivity contribution in [3.05, 3.63) is 47.5 Å². The van der Waals surface area contributed by atoms with Crippen molar-refractivity contribution in [3.8, 4) is 16.9 Å². The molecule has 5 heterocycles. The summed E-state index contributed by atoms with van der Waals surface area (Å²) in [6.07, 6.45) is 8.48. The summed E-state index contributed by atoms with van der Waals surface area (Å²) < 4.78 is 3.49. The molecule has 0 atom stereocenters. The van der Waals surface area contributed by atoms with Gasteiger partial charge >= 0.3 is 0 Å². The molecule has 0 amide bonds. The van der Waals surface area contributed by atoms with E-state index >= 15 is 0 Å². The van der Waals surface area contributed by atoms with Crippen LogP contribution in [-0.4, -0.2) is 84.1 Å². The summed E-state index contributed by atoms with van der Waals surface area (Å²) in [6.45, 7) is 6.14. The third-order valence-electron chi connectivity index (χ3n) is 5.68. The maximum absolute atomic E-state index is 12.1. The van der Waals surface area contributed by atoms with Crippen molar-refractivity contribution in [2.24, 2.45) is 0 Å². The average Bonchev–Trinajstić information content (AvgIpc) is 3.40. The van der Waals surface area contributed by atoms with Gasteiger partial charge in [-0.15, -0.1) is 5.10 Å². The predicted octanol–water partition coefficient (Wildman–Crippen LogP) is 0.197. The number of likely N-dealkylation sites (N-methyl/N-ethyl adjacent to an activating group) is 1. The van der Waals surface area contributed by atoms with E-state index in [2.05, 4.69) is 42.0 Å². The molecule has 0 saturated carbocycles. The van der Waals surface area contributed by atoms with E-state index in [1.165, 1.54) is 6.33 Å². The number of H-pyrrole nitrogens is 1. The number of hydrogen-bond acceptors (Lipinski definition) is 8. The Labute approximate surface area is 178 Å². The Morgan fingerprint density at radius 3 is 2.81 bits per heavy atom. The normalized spacial score (nSPS) is 15.6. The van der Waals surface area contributed by atoms with Crippen LogP contribution < -0.4 is 11.3 Å². The van der Waals surface area contributed by atoms with Crippen molar-refractivity contribution in [3.63, 3.8) is 0 Å². The fraction of sp³-hybridized carbons (Fsp3) is 0.350. The Bertz CT molecular complexity index is 1260. The van der Waals surface area contributed by atoms with Crippen LogP contribution in [0.3, 0.4) is 0 Å². The highest BCUT2D eigenvalue weighted by Crippen LogP contribution is 2.26. The van der Waals surface area contributed by atoms with Crippen molar-refractivity contribution < 1.29 is 0 Å². The third kappa shape index (κ3) is 3.80. The van der Waals surface area contributed by atoms with Gasteiger partial charge in [-0.05, 0) is 13.1 Å². The maximum Gasteiger partial charge on any atom is 0.258 e. The van der Waals surface area contributed by atoms with Crippen LogP contribution in [-0.2, 0) is 6.54 Å². The Morgan fingerprint density at radius 2 is 1.97 bits per heavy atom. The SMILES string of the molecule is CN1CCN(CCn2cc(-c3cn(-c4nccc5c(=O)[nH]cnc45)nc3N)cn2)CC1. The second kappa shape index (κ2) is 7.93. The quantitative estimate of drug-likeness (QED) is 0.469. The molecule has 3 N–H and O–H groups in total. The zero-order valence-electron chi connectivity index (χ0n) is 17.3. The van der Waals surface area contributed by atoms with Gasteiger partial charge in [-0.1, -0.05) is 0 Å². The van der Waals surface area contributed by atoms with E-state index in [1.54, 1.807) is 29.3 Å². The van der Waals surface area contributed by atoms with E-state index in [0.717, 1.165) is 50.4 Å². The van der Waals surface area contributed by atoms with Crippen molar-refractivity contribution in [2.75, 3.05) is 45.5 Å². The van der Waals surface area contributed by atoms with Gasteiger partial charge in [0.2, 0.25) is 0 Å². The molecule has 0 spiro atoms. The van der Waals surface area contributed by atoms with Crippen LogP contribution in [0.2, 0.25) is 0 Å². The molecule has 5 rings (SSSR count). The van der Waals surface area contributed by atoms with Gasteiger partial charge in [0.15, 0.2) is 11.6 Å². The van der Waals surface area contributed by atoms with Crippen molar-refractivity contribution in [1.29, 1.82) is 0 Å². The van der Waals surface area contributed by atoms with E-state index in [-0.39, 0.29) is 5.56 Å². The Kier molecular flexibility index (Phi) is 4.96. The minimum atomic E-state index is -0.226. The lowest BCUT2D eigenvalue weighted by molar-refractivity contribution is 0.149. The largest absolute Gasteiger partial charge is 0.382 e. The third-order valence-corrected chi connectivity index (χ3v) is 5.68. The van der Waals surface area contributed by atoms with Gasteiger partial charge in [-0.2, -0.15) is 5.10 Å². The molecule has 11 heteroatoms. The van der Waals surface area contributed by atoms with Crippen LogP contribution in [0, 0.1) is 0 Å². The molecule has 0 unspecified atom stereocenters. The minimum absolute atomic E-state index is 0.226. The summed E-state index contributed by atoms with van der Waals surface area (Å²) >= 11 is 0. The van der Waals surface area contributed by atoms with E-state index in [9.17, 15) is 4.79 Å². The van der Waals surface area contributed by atoms with E-state index < -0.39 is 0 Å². The van der Waals surface area contributed by atoms with Gasteiger partial charge in [0, 0.05) is 62.4 Å². The lowest BCUT2D eigenvalue weighted by atomic mass is 10.2. The van der Waals surface area contributed by atoms with E-state index in [1.807, 2.05) is 10.9 Å². The summed E-state index contributed by atoms with van der Waals surface area (Å²) in [5, 5.41) is 9.34. The molecular formula is C20H24N10O. The van der Waals surface area contributed by atoms with E-state index in [4.69, 9.17) is 5.73 Å². The van der Waals surface area contributed by atoms with Crippen LogP contribution >= 0.6 is 0 Å². The molecule has 160 valence electrons. The fourth-order valence-corrected chi connectivity index (χ4v) is 3.81. The maximum atomic E-state index is 12.1. The molecule has 11 nitrogen and oxygen atoms in total. The summed E-state index contributed by atoms with van der Waals surface area (Å²) in [4.78, 5) is 28.0. The highest BCUT2D eigenvalue weighted by molar-refractivity contribution is 5.84. The van der Waals surface area contributed by atoms with Crippen molar-refractivity contribution in [2.45, 2.75) is 6.54 Å². The number of nitrogens with two attached hydrogens (primary N) is 1. The second-order valence-electron chi connectivity index (χ2n) is 7.77. The first-order valence-electron chi connectivity index (χ1n) is 10.2. The first-order chi connectivity index (χ1) is 15.1. The van der Waals surface area contributed by atoms with Crippen molar-refractivity contribution >= 4 is 16.7 Å². The summed E-state index contributed by atoms with van der Waals surface area (Å²) in [5.74, 6) is 0.811. The standard InChI is InChI=1S/C20H24N10O/c1-27-4-6-28(7-5-27)8-9-29-11-14(10-25-29)16-12-30(26-18(16)21)19-17-15(2-3-22-19)20(31)24-13-23-17/h2-3,10-13H,4-9H2,1H3,(H2,21,26)(H,23,24,31). The zero-order valence-corrected chi connectivity index (χ0v) is 17.3. The number of hydrogen-bond donors (Lipinski definition) is 2. The molecule has 4 aromatic heterocycles.